The molecule has 24 heavy (non-hydrogen) atoms. The molecule has 1 aromatic heterocycles. The molecule has 3 aromatic rings. The first kappa shape index (κ1) is 14.8. The van der Waals surface area contributed by atoms with E-state index in [2.05, 4.69) is 41.2 Å². The van der Waals surface area contributed by atoms with Crippen LogP contribution in [0.1, 0.15) is 35.9 Å². The summed E-state index contributed by atoms with van der Waals surface area (Å²) in [7, 11) is 0. The van der Waals surface area contributed by atoms with E-state index in [4.69, 9.17) is 4.74 Å². The highest BCUT2D eigenvalue weighted by Gasteiger charge is 2.12. The van der Waals surface area contributed by atoms with Crippen LogP contribution in [-0.4, -0.2) is 9.97 Å². The monoisotopic (exact) mass is 318 g/mol. The fourth-order valence-electron chi connectivity index (χ4n) is 3.06. The van der Waals surface area contributed by atoms with Gasteiger partial charge in [-0.15, -0.1) is 0 Å². The molecule has 2 aromatic carbocycles. The molecule has 0 saturated carbocycles. The van der Waals surface area contributed by atoms with Gasteiger partial charge in [-0.25, -0.2) is 4.98 Å². The number of ether oxygens (including phenoxy) is 1. The summed E-state index contributed by atoms with van der Waals surface area (Å²) in [6.45, 7) is 3.43. The van der Waals surface area contributed by atoms with E-state index in [1.807, 2.05) is 18.2 Å². The summed E-state index contributed by atoms with van der Waals surface area (Å²) >= 11 is 0. The van der Waals surface area contributed by atoms with Gasteiger partial charge in [0.2, 0.25) is 0 Å². The molecule has 0 saturated heterocycles. The lowest BCUT2D eigenvalue weighted by Crippen LogP contribution is -2.11. The molecule has 0 atom stereocenters. The van der Waals surface area contributed by atoms with Gasteiger partial charge >= 0.3 is 0 Å². The fraction of sp³-hybridized carbons (Fsp3) is 0.200. The van der Waals surface area contributed by atoms with Crippen LogP contribution in [0, 0.1) is 0 Å². The molecule has 0 bridgehead atoms. The molecule has 0 aliphatic carbocycles. The van der Waals surface area contributed by atoms with Crippen LogP contribution in [0.25, 0.3) is 22.6 Å². The SMILES string of the molecule is CC/C(=C\c1ccc2c(c1)COC2)c1nc2ccccc2c(=O)[nH]1. The van der Waals surface area contributed by atoms with Crippen LogP contribution in [0.2, 0.25) is 0 Å². The third kappa shape index (κ3) is 2.65. The largest absolute Gasteiger partial charge is 0.372 e. The summed E-state index contributed by atoms with van der Waals surface area (Å²) in [5.74, 6) is 0.637. The lowest BCUT2D eigenvalue weighted by molar-refractivity contribution is 0.134. The number of allylic oxidation sites excluding steroid dienone is 1. The van der Waals surface area contributed by atoms with Crippen molar-refractivity contribution in [1.29, 1.82) is 0 Å². The Morgan fingerprint density at radius 1 is 1.21 bits per heavy atom. The number of H-pyrrole nitrogens is 1. The van der Waals surface area contributed by atoms with Gasteiger partial charge in [0.05, 0.1) is 24.1 Å². The highest BCUT2D eigenvalue weighted by Crippen LogP contribution is 2.24. The van der Waals surface area contributed by atoms with Crippen LogP contribution in [-0.2, 0) is 18.0 Å². The number of benzene rings is 2. The average Bonchev–Trinajstić information content (AvgIpc) is 3.07. The molecule has 1 aliphatic rings. The Morgan fingerprint density at radius 3 is 2.92 bits per heavy atom. The maximum atomic E-state index is 12.3. The Morgan fingerprint density at radius 2 is 2.04 bits per heavy atom. The molecule has 120 valence electrons. The summed E-state index contributed by atoms with van der Waals surface area (Å²) in [5.41, 5.74) is 5.22. The number of hydrogen-bond acceptors (Lipinski definition) is 3. The van der Waals surface area contributed by atoms with E-state index in [1.165, 1.54) is 11.1 Å². The van der Waals surface area contributed by atoms with Crippen molar-refractivity contribution in [3.63, 3.8) is 0 Å². The van der Waals surface area contributed by atoms with E-state index in [1.54, 1.807) is 6.07 Å². The number of aromatic amines is 1. The van der Waals surface area contributed by atoms with Crippen LogP contribution in [0.5, 0.6) is 0 Å². The van der Waals surface area contributed by atoms with Crippen molar-refractivity contribution < 1.29 is 4.74 Å². The second-order valence-electron chi connectivity index (χ2n) is 5.98. The van der Waals surface area contributed by atoms with Crippen LogP contribution >= 0.6 is 0 Å². The first-order valence-electron chi connectivity index (χ1n) is 8.14. The molecule has 4 nitrogen and oxygen atoms in total. The molecule has 0 fully saturated rings. The van der Waals surface area contributed by atoms with Gasteiger partial charge in [-0.1, -0.05) is 31.2 Å². The zero-order valence-corrected chi connectivity index (χ0v) is 13.5. The quantitative estimate of drug-likeness (QED) is 0.797. The van der Waals surface area contributed by atoms with Crippen molar-refractivity contribution >= 4 is 22.6 Å². The van der Waals surface area contributed by atoms with Crippen molar-refractivity contribution in [2.75, 3.05) is 0 Å². The van der Waals surface area contributed by atoms with Crippen LogP contribution < -0.4 is 5.56 Å². The molecule has 0 amide bonds. The van der Waals surface area contributed by atoms with E-state index in [-0.39, 0.29) is 5.56 Å². The van der Waals surface area contributed by atoms with Crippen molar-refractivity contribution in [1.82, 2.24) is 9.97 Å². The molecule has 2 heterocycles. The van der Waals surface area contributed by atoms with Crippen molar-refractivity contribution in [2.45, 2.75) is 26.6 Å². The Kier molecular flexibility index (Phi) is 3.75. The maximum Gasteiger partial charge on any atom is 0.259 e. The number of nitrogens with one attached hydrogen (secondary N) is 1. The van der Waals surface area contributed by atoms with Gasteiger partial charge in [0.15, 0.2) is 0 Å². The minimum atomic E-state index is -0.0997. The van der Waals surface area contributed by atoms with Crippen LogP contribution in [0.3, 0.4) is 0 Å². The first-order valence-corrected chi connectivity index (χ1v) is 8.14. The second kappa shape index (κ2) is 6.06. The van der Waals surface area contributed by atoms with E-state index in [9.17, 15) is 4.79 Å². The summed E-state index contributed by atoms with van der Waals surface area (Å²) < 4.78 is 5.47. The van der Waals surface area contributed by atoms with Gasteiger partial charge < -0.3 is 9.72 Å². The van der Waals surface area contributed by atoms with Gasteiger partial charge in [-0.2, -0.15) is 0 Å². The summed E-state index contributed by atoms with van der Waals surface area (Å²) in [6, 6.07) is 13.8. The van der Waals surface area contributed by atoms with Gasteiger partial charge in [0, 0.05) is 0 Å². The number of fused-ring (bicyclic) bond motifs is 2. The Balaban J connectivity index is 1.79. The average molecular weight is 318 g/mol. The predicted molar refractivity (Wildman–Crippen MR) is 95.5 cm³/mol. The lowest BCUT2D eigenvalue weighted by atomic mass is 10.0. The van der Waals surface area contributed by atoms with Crippen LogP contribution in [0.15, 0.2) is 47.3 Å². The number of hydrogen-bond donors (Lipinski definition) is 1. The van der Waals surface area contributed by atoms with Gasteiger partial charge in [0.1, 0.15) is 5.82 Å². The van der Waals surface area contributed by atoms with Crippen molar-refractivity contribution in [3.05, 3.63) is 75.3 Å². The number of rotatable bonds is 3. The van der Waals surface area contributed by atoms with Gasteiger partial charge in [0.25, 0.3) is 5.56 Å². The molecule has 4 heteroatoms. The summed E-state index contributed by atoms with van der Waals surface area (Å²) in [6.07, 6.45) is 2.88. The lowest BCUT2D eigenvalue weighted by Gasteiger charge is -2.07. The molecular weight excluding hydrogens is 300 g/mol. The number of nitrogens with zero attached hydrogens (tertiary/aromatic N) is 1. The van der Waals surface area contributed by atoms with Gasteiger partial charge in [-0.3, -0.25) is 4.79 Å². The normalized spacial score (nSPS) is 14.1. The zero-order valence-electron chi connectivity index (χ0n) is 13.5. The minimum Gasteiger partial charge on any atom is -0.372 e. The predicted octanol–water partition coefficient (Wildman–Crippen LogP) is 3.90. The maximum absolute atomic E-state index is 12.3. The van der Waals surface area contributed by atoms with E-state index >= 15 is 0 Å². The Labute approximate surface area is 139 Å². The molecule has 4 rings (SSSR count). The first-order chi connectivity index (χ1) is 11.7. The summed E-state index contributed by atoms with van der Waals surface area (Å²) in [5, 5.41) is 0.617. The number of aromatic nitrogens is 2. The topological polar surface area (TPSA) is 55.0 Å². The molecule has 1 N–H and O–H groups in total. The second-order valence-corrected chi connectivity index (χ2v) is 5.98. The highest BCUT2D eigenvalue weighted by atomic mass is 16.5. The Bertz CT molecular complexity index is 1000. The van der Waals surface area contributed by atoms with Crippen LogP contribution in [0.4, 0.5) is 0 Å². The van der Waals surface area contributed by atoms with E-state index in [0.29, 0.717) is 24.4 Å². The zero-order chi connectivity index (χ0) is 16.5. The van der Waals surface area contributed by atoms with E-state index in [0.717, 1.165) is 23.1 Å². The fourth-order valence-corrected chi connectivity index (χ4v) is 3.06. The molecule has 0 spiro atoms. The molecule has 0 unspecified atom stereocenters. The highest BCUT2D eigenvalue weighted by molar-refractivity contribution is 5.83. The summed E-state index contributed by atoms with van der Waals surface area (Å²) in [4.78, 5) is 19.8. The third-order valence-corrected chi connectivity index (χ3v) is 4.38. The standard InChI is InChI=1S/C20H18N2O2/c1-2-14(9-13-7-8-15-11-24-12-16(15)10-13)19-21-18-6-4-3-5-17(18)20(23)22-19/h3-10H,2,11-12H2,1H3,(H,21,22,23)/b14-9+. The smallest absolute Gasteiger partial charge is 0.259 e. The molecule has 0 radical (unpaired) electrons. The molecular formula is C20H18N2O2. The molecule has 1 aliphatic heterocycles. The van der Waals surface area contributed by atoms with E-state index < -0.39 is 0 Å². The number of para-hydroxylation sites is 1. The third-order valence-electron chi connectivity index (χ3n) is 4.38. The minimum absolute atomic E-state index is 0.0997. The Hall–Kier alpha value is -2.72. The van der Waals surface area contributed by atoms with Gasteiger partial charge in [-0.05, 0) is 53.0 Å². The van der Waals surface area contributed by atoms with Crippen molar-refractivity contribution in [2.24, 2.45) is 0 Å². The van der Waals surface area contributed by atoms with Crippen molar-refractivity contribution in [3.8, 4) is 0 Å².